The van der Waals surface area contributed by atoms with E-state index in [1.807, 2.05) is 26.0 Å². The van der Waals surface area contributed by atoms with Crippen molar-refractivity contribution in [1.82, 2.24) is 14.8 Å². The van der Waals surface area contributed by atoms with Gasteiger partial charge in [0.05, 0.1) is 6.10 Å². The molecular weight excluding hydrogens is 294 g/mol. The van der Waals surface area contributed by atoms with Crippen LogP contribution in [-0.4, -0.2) is 64.6 Å². The van der Waals surface area contributed by atoms with E-state index in [9.17, 15) is 9.90 Å². The third-order valence-corrected chi connectivity index (χ3v) is 4.32. The summed E-state index contributed by atoms with van der Waals surface area (Å²) in [6, 6.07) is 5.44. The van der Waals surface area contributed by atoms with Crippen LogP contribution in [-0.2, 0) is 0 Å². The van der Waals surface area contributed by atoms with Crippen molar-refractivity contribution in [3.05, 3.63) is 29.7 Å². The minimum absolute atomic E-state index is 0.0867. The quantitative estimate of drug-likeness (QED) is 0.929. The fraction of sp³-hybridized carbons (Fsp3) is 0.529. The highest BCUT2D eigenvalue weighted by Crippen LogP contribution is 2.20. The number of aromatic nitrogens is 1. The number of amides is 1. The lowest BCUT2D eigenvalue weighted by molar-refractivity contribution is 0.0502. The zero-order chi connectivity index (χ0) is 16.4. The van der Waals surface area contributed by atoms with Crippen LogP contribution in [0.4, 0.5) is 0 Å². The topological polar surface area (TPSA) is 69.8 Å². The Balaban J connectivity index is 1.64. The predicted molar refractivity (Wildman–Crippen MR) is 87.4 cm³/mol. The van der Waals surface area contributed by atoms with Crippen LogP contribution in [0.3, 0.4) is 0 Å². The van der Waals surface area contributed by atoms with Crippen LogP contribution in [0, 0.1) is 6.92 Å². The summed E-state index contributed by atoms with van der Waals surface area (Å²) < 4.78 is 5.64. The molecule has 1 aliphatic rings. The van der Waals surface area contributed by atoms with E-state index in [0.717, 1.165) is 30.7 Å². The van der Waals surface area contributed by atoms with E-state index in [1.54, 1.807) is 11.0 Å². The van der Waals surface area contributed by atoms with Gasteiger partial charge in [0.25, 0.3) is 5.91 Å². The summed E-state index contributed by atoms with van der Waals surface area (Å²) in [4.78, 5) is 21.0. The summed E-state index contributed by atoms with van der Waals surface area (Å²) >= 11 is 0. The third kappa shape index (κ3) is 3.54. The number of aliphatic hydroxyl groups is 1. The first-order chi connectivity index (χ1) is 11.1. The van der Waals surface area contributed by atoms with E-state index in [0.29, 0.717) is 31.0 Å². The van der Waals surface area contributed by atoms with E-state index in [-0.39, 0.29) is 12.0 Å². The minimum atomic E-state index is -0.290. The number of carbonyl (C=O) groups excluding carboxylic acids is 1. The van der Waals surface area contributed by atoms with Gasteiger partial charge in [0.2, 0.25) is 0 Å². The average molecular weight is 317 g/mol. The second-order valence-electron chi connectivity index (χ2n) is 6.10. The van der Waals surface area contributed by atoms with Crippen LogP contribution in [0.25, 0.3) is 11.1 Å². The summed E-state index contributed by atoms with van der Waals surface area (Å²) in [5, 5.41) is 9.72. The molecule has 1 N–H and O–H groups in total. The van der Waals surface area contributed by atoms with Crippen LogP contribution in [0.15, 0.2) is 22.6 Å². The molecule has 23 heavy (non-hydrogen) atoms. The molecule has 124 valence electrons. The Hall–Kier alpha value is -1.92. The molecule has 0 spiro atoms. The molecule has 0 radical (unpaired) electrons. The van der Waals surface area contributed by atoms with Crippen molar-refractivity contribution in [3.8, 4) is 0 Å². The molecule has 6 heteroatoms. The van der Waals surface area contributed by atoms with E-state index in [1.165, 1.54) is 0 Å². The van der Waals surface area contributed by atoms with Crippen molar-refractivity contribution in [2.75, 3.05) is 32.7 Å². The lowest BCUT2D eigenvalue weighted by Gasteiger charge is -2.35. The zero-order valence-corrected chi connectivity index (χ0v) is 13.7. The maximum atomic E-state index is 12.6. The van der Waals surface area contributed by atoms with Gasteiger partial charge in [-0.1, -0.05) is 6.92 Å². The van der Waals surface area contributed by atoms with Crippen molar-refractivity contribution < 1.29 is 14.3 Å². The number of hydrogen-bond acceptors (Lipinski definition) is 5. The number of fused-ring (bicyclic) bond motifs is 1. The Morgan fingerprint density at radius 2 is 2.09 bits per heavy atom. The molecule has 1 amide bonds. The SMILES string of the molecule is CC[C@@H](O)CN1CCN(C(=O)c2cc3nc(C)ccc3o2)CC1. The van der Waals surface area contributed by atoms with Crippen molar-refractivity contribution in [2.45, 2.75) is 26.4 Å². The second kappa shape index (κ2) is 6.68. The molecule has 1 fully saturated rings. The molecule has 2 aromatic heterocycles. The van der Waals surface area contributed by atoms with Crippen molar-refractivity contribution in [3.63, 3.8) is 0 Å². The number of pyridine rings is 1. The zero-order valence-electron chi connectivity index (χ0n) is 13.7. The van der Waals surface area contributed by atoms with Crippen LogP contribution < -0.4 is 0 Å². The van der Waals surface area contributed by atoms with E-state index in [2.05, 4.69) is 9.88 Å². The summed E-state index contributed by atoms with van der Waals surface area (Å²) in [6.45, 7) is 7.42. The Morgan fingerprint density at radius 3 is 2.78 bits per heavy atom. The molecule has 0 bridgehead atoms. The Bertz CT molecular complexity index is 689. The highest BCUT2D eigenvalue weighted by atomic mass is 16.3. The number of aryl methyl sites for hydroxylation is 1. The molecule has 1 saturated heterocycles. The molecule has 0 aromatic carbocycles. The number of hydrogen-bond donors (Lipinski definition) is 1. The summed E-state index contributed by atoms with van der Waals surface area (Å²) in [5.41, 5.74) is 2.27. The minimum Gasteiger partial charge on any atom is -0.449 e. The normalized spacial score (nSPS) is 17.6. The first-order valence-corrected chi connectivity index (χ1v) is 8.13. The highest BCUT2D eigenvalue weighted by molar-refractivity contribution is 5.95. The third-order valence-electron chi connectivity index (χ3n) is 4.32. The molecule has 0 saturated carbocycles. The van der Waals surface area contributed by atoms with Gasteiger partial charge in [-0.2, -0.15) is 0 Å². The highest BCUT2D eigenvalue weighted by Gasteiger charge is 2.25. The van der Waals surface area contributed by atoms with Gasteiger partial charge in [0, 0.05) is 44.5 Å². The maximum Gasteiger partial charge on any atom is 0.289 e. The number of β-amino-alcohol motifs (C(OH)–C–C–N with tert-alkyl or cyclic N) is 1. The van der Waals surface area contributed by atoms with Crippen LogP contribution >= 0.6 is 0 Å². The summed E-state index contributed by atoms with van der Waals surface area (Å²) in [6.07, 6.45) is 0.465. The van der Waals surface area contributed by atoms with Gasteiger partial charge in [-0.05, 0) is 25.5 Å². The van der Waals surface area contributed by atoms with Crippen LogP contribution in [0.5, 0.6) is 0 Å². The number of nitrogens with zero attached hydrogens (tertiary/aromatic N) is 3. The molecule has 0 aliphatic carbocycles. The fourth-order valence-electron chi connectivity index (χ4n) is 2.85. The average Bonchev–Trinajstić information content (AvgIpc) is 2.97. The molecule has 2 aromatic rings. The molecular formula is C17H23N3O3. The number of carbonyl (C=O) groups is 1. The first-order valence-electron chi connectivity index (χ1n) is 8.13. The molecule has 1 atom stereocenters. The molecule has 3 heterocycles. The van der Waals surface area contributed by atoms with Crippen molar-refractivity contribution in [1.29, 1.82) is 0 Å². The number of rotatable bonds is 4. The van der Waals surface area contributed by atoms with E-state index < -0.39 is 0 Å². The van der Waals surface area contributed by atoms with Crippen LogP contribution in [0.1, 0.15) is 29.6 Å². The van der Waals surface area contributed by atoms with Gasteiger partial charge in [0.15, 0.2) is 11.3 Å². The van der Waals surface area contributed by atoms with Crippen LogP contribution in [0.2, 0.25) is 0 Å². The molecule has 3 rings (SSSR count). The molecule has 1 aliphatic heterocycles. The number of aliphatic hydroxyl groups excluding tert-OH is 1. The smallest absolute Gasteiger partial charge is 0.289 e. The van der Waals surface area contributed by atoms with Gasteiger partial charge in [-0.25, -0.2) is 4.98 Å². The number of piperazine rings is 1. The van der Waals surface area contributed by atoms with Gasteiger partial charge in [-0.15, -0.1) is 0 Å². The Labute approximate surface area is 135 Å². The van der Waals surface area contributed by atoms with Gasteiger partial charge in [-0.3, -0.25) is 9.69 Å². The number of furan rings is 1. The Kier molecular flexibility index (Phi) is 4.63. The van der Waals surface area contributed by atoms with Crippen molar-refractivity contribution >= 4 is 17.0 Å². The summed E-state index contributed by atoms with van der Waals surface area (Å²) in [7, 11) is 0. The fourth-order valence-corrected chi connectivity index (χ4v) is 2.85. The predicted octanol–water partition coefficient (Wildman–Crippen LogP) is 1.66. The Morgan fingerprint density at radius 1 is 1.35 bits per heavy atom. The van der Waals surface area contributed by atoms with E-state index in [4.69, 9.17) is 4.42 Å². The monoisotopic (exact) mass is 317 g/mol. The van der Waals surface area contributed by atoms with Crippen molar-refractivity contribution in [2.24, 2.45) is 0 Å². The molecule has 6 nitrogen and oxygen atoms in total. The largest absolute Gasteiger partial charge is 0.449 e. The van der Waals surface area contributed by atoms with Gasteiger partial charge >= 0.3 is 0 Å². The maximum absolute atomic E-state index is 12.6. The van der Waals surface area contributed by atoms with Gasteiger partial charge in [0.1, 0.15) is 5.52 Å². The second-order valence-corrected chi connectivity index (χ2v) is 6.10. The molecule has 0 unspecified atom stereocenters. The summed E-state index contributed by atoms with van der Waals surface area (Å²) in [5.74, 6) is 0.261. The lowest BCUT2D eigenvalue weighted by Crippen LogP contribution is -2.50. The lowest BCUT2D eigenvalue weighted by atomic mass is 10.2. The standard InChI is InChI=1S/C17H23N3O3/c1-3-13(21)11-19-6-8-20(9-7-19)17(22)16-10-14-15(23-16)5-4-12(2)18-14/h4-5,10,13,21H,3,6-9,11H2,1-2H3/t13-/m1/s1. The first kappa shape index (κ1) is 16.0. The van der Waals surface area contributed by atoms with E-state index >= 15 is 0 Å². The van der Waals surface area contributed by atoms with Gasteiger partial charge < -0.3 is 14.4 Å².